The third-order valence-electron chi connectivity index (χ3n) is 12.9. The van der Waals surface area contributed by atoms with Crippen molar-refractivity contribution in [2.24, 2.45) is 50.2 Å². The first kappa shape index (κ1) is 24.8. The zero-order valence-electron chi connectivity index (χ0n) is 22.6. The highest BCUT2D eigenvalue weighted by molar-refractivity contribution is 5.80. The number of carbonyl (C=O) groups is 1. The van der Waals surface area contributed by atoms with Crippen LogP contribution in [-0.2, 0) is 4.79 Å². The van der Waals surface area contributed by atoms with Crippen LogP contribution in [0.2, 0.25) is 0 Å². The standard InChI is InChI=1S/C30H48O4/c1-25(2)12-14-30(24(33)34)15-13-28(6)18(19(30)16-25)8-9-21-27(5)11-10-22(32)26(3,4)23(27)20(31)17-29(21,28)7/h16,18,20-23,31-32H,8-15,17H2,1-7H3,(H,33,34)/t18-,20-,21-,22+,23-,27-,28-,29-,30+/m1/s1. The van der Waals surface area contributed by atoms with Gasteiger partial charge >= 0.3 is 5.97 Å². The fraction of sp³-hybridized carbons (Fsp3) is 0.900. The van der Waals surface area contributed by atoms with Gasteiger partial charge < -0.3 is 15.3 Å². The Balaban J connectivity index is 1.61. The molecule has 5 aliphatic carbocycles. The van der Waals surface area contributed by atoms with Crippen LogP contribution in [0.4, 0.5) is 0 Å². The van der Waals surface area contributed by atoms with Crippen LogP contribution in [0.1, 0.15) is 106 Å². The van der Waals surface area contributed by atoms with Gasteiger partial charge in [0.25, 0.3) is 0 Å². The van der Waals surface area contributed by atoms with E-state index in [4.69, 9.17) is 0 Å². The van der Waals surface area contributed by atoms with Crippen LogP contribution in [0, 0.1) is 50.2 Å². The Kier molecular flexibility index (Phi) is 5.20. The maximum absolute atomic E-state index is 12.8. The maximum atomic E-state index is 12.8. The second-order valence-corrected chi connectivity index (χ2v) is 15.1. The van der Waals surface area contributed by atoms with Crippen molar-refractivity contribution in [3.63, 3.8) is 0 Å². The van der Waals surface area contributed by atoms with E-state index in [0.29, 0.717) is 5.92 Å². The summed E-state index contributed by atoms with van der Waals surface area (Å²) in [4.78, 5) is 12.8. The van der Waals surface area contributed by atoms with Gasteiger partial charge in [0.05, 0.1) is 17.6 Å². The third-order valence-corrected chi connectivity index (χ3v) is 12.9. The molecule has 0 heterocycles. The SMILES string of the molecule is CC1(C)C=C2[C@H]3CC[C@@H]4[C@@]5(C)CC[C@H](O)C(C)(C)[C@H]5[C@H](O)C[C@@]4(C)[C@]3(C)CC[C@@]2(C(=O)O)CC1. The number of carboxylic acid groups (broad SMARTS) is 1. The summed E-state index contributed by atoms with van der Waals surface area (Å²) >= 11 is 0. The molecular weight excluding hydrogens is 424 g/mol. The lowest BCUT2D eigenvalue weighted by Crippen LogP contribution is -2.69. The molecule has 4 fully saturated rings. The molecule has 5 aliphatic rings. The molecule has 5 rings (SSSR count). The Bertz CT molecular complexity index is 919. The molecule has 0 spiro atoms. The fourth-order valence-electron chi connectivity index (χ4n) is 10.9. The minimum Gasteiger partial charge on any atom is -0.481 e. The van der Waals surface area contributed by atoms with Crippen molar-refractivity contribution >= 4 is 5.97 Å². The molecule has 4 heteroatoms. The van der Waals surface area contributed by atoms with E-state index in [9.17, 15) is 20.1 Å². The summed E-state index contributed by atoms with van der Waals surface area (Å²) in [6.07, 6.45) is 9.57. The van der Waals surface area contributed by atoms with Crippen LogP contribution in [0.25, 0.3) is 0 Å². The minimum absolute atomic E-state index is 0.00925. The molecule has 34 heavy (non-hydrogen) atoms. The normalized spacial score (nSPS) is 53.4. The van der Waals surface area contributed by atoms with E-state index in [2.05, 4.69) is 54.5 Å². The monoisotopic (exact) mass is 472 g/mol. The van der Waals surface area contributed by atoms with E-state index in [0.717, 1.165) is 57.8 Å². The Labute approximate surface area is 206 Å². The molecule has 0 radical (unpaired) electrons. The highest BCUT2D eigenvalue weighted by atomic mass is 16.4. The van der Waals surface area contributed by atoms with E-state index in [-0.39, 0.29) is 45.0 Å². The number of fused-ring (bicyclic) bond motifs is 7. The maximum Gasteiger partial charge on any atom is 0.313 e. The Morgan fingerprint density at radius 3 is 2.15 bits per heavy atom. The van der Waals surface area contributed by atoms with Crippen molar-refractivity contribution in [2.75, 3.05) is 0 Å². The molecule has 0 aromatic rings. The molecule has 0 aromatic carbocycles. The third kappa shape index (κ3) is 2.88. The molecule has 9 atom stereocenters. The number of rotatable bonds is 1. The highest BCUT2D eigenvalue weighted by Crippen LogP contribution is 2.76. The van der Waals surface area contributed by atoms with E-state index in [1.165, 1.54) is 5.57 Å². The van der Waals surface area contributed by atoms with Gasteiger partial charge in [0.1, 0.15) is 0 Å². The van der Waals surface area contributed by atoms with E-state index in [1.54, 1.807) is 0 Å². The average molecular weight is 473 g/mol. The predicted molar refractivity (Wildman–Crippen MR) is 134 cm³/mol. The summed E-state index contributed by atoms with van der Waals surface area (Å²) in [6, 6.07) is 0. The van der Waals surface area contributed by atoms with Gasteiger partial charge in [-0.3, -0.25) is 4.79 Å². The van der Waals surface area contributed by atoms with Gasteiger partial charge in [-0.1, -0.05) is 60.1 Å². The summed E-state index contributed by atoms with van der Waals surface area (Å²) in [5.74, 6) is 0.225. The van der Waals surface area contributed by atoms with Crippen molar-refractivity contribution in [3.05, 3.63) is 11.6 Å². The Morgan fingerprint density at radius 2 is 1.50 bits per heavy atom. The van der Waals surface area contributed by atoms with Crippen LogP contribution in [-0.4, -0.2) is 33.5 Å². The van der Waals surface area contributed by atoms with E-state index < -0.39 is 17.5 Å². The zero-order valence-corrected chi connectivity index (χ0v) is 22.6. The summed E-state index contributed by atoms with van der Waals surface area (Å²) in [7, 11) is 0. The van der Waals surface area contributed by atoms with Gasteiger partial charge in [0, 0.05) is 0 Å². The first-order chi connectivity index (χ1) is 15.6. The van der Waals surface area contributed by atoms with Gasteiger partial charge in [-0.15, -0.1) is 0 Å². The molecule has 0 unspecified atom stereocenters. The van der Waals surface area contributed by atoms with Gasteiger partial charge in [-0.05, 0) is 103 Å². The second kappa shape index (κ2) is 7.12. The molecule has 0 saturated heterocycles. The number of hydrogen-bond acceptors (Lipinski definition) is 3. The molecule has 0 amide bonds. The average Bonchev–Trinajstić information content (AvgIpc) is 2.70. The smallest absolute Gasteiger partial charge is 0.313 e. The van der Waals surface area contributed by atoms with Crippen LogP contribution in [0.5, 0.6) is 0 Å². The number of carboxylic acids is 1. The second-order valence-electron chi connectivity index (χ2n) is 15.1. The number of hydrogen-bond donors (Lipinski definition) is 3. The number of aliphatic carboxylic acids is 1. The largest absolute Gasteiger partial charge is 0.481 e. The quantitative estimate of drug-likeness (QED) is 0.397. The van der Waals surface area contributed by atoms with E-state index >= 15 is 0 Å². The fourth-order valence-corrected chi connectivity index (χ4v) is 10.9. The lowest BCUT2D eigenvalue weighted by molar-refractivity contribution is -0.262. The van der Waals surface area contributed by atoms with Crippen molar-refractivity contribution in [1.82, 2.24) is 0 Å². The van der Waals surface area contributed by atoms with E-state index in [1.807, 2.05) is 0 Å². The summed E-state index contributed by atoms with van der Waals surface area (Å²) in [6.45, 7) is 16.1. The lowest BCUT2D eigenvalue weighted by Gasteiger charge is -2.73. The Hall–Kier alpha value is -0.870. The van der Waals surface area contributed by atoms with Gasteiger partial charge in [0.2, 0.25) is 0 Å². The molecule has 4 saturated carbocycles. The van der Waals surface area contributed by atoms with Gasteiger partial charge in [-0.2, -0.15) is 0 Å². The number of aliphatic hydroxyl groups is 2. The van der Waals surface area contributed by atoms with Gasteiger partial charge in [0.15, 0.2) is 0 Å². The molecule has 192 valence electrons. The van der Waals surface area contributed by atoms with Crippen LogP contribution in [0.15, 0.2) is 11.6 Å². The van der Waals surface area contributed by atoms with Crippen molar-refractivity contribution in [3.8, 4) is 0 Å². The molecule has 0 aliphatic heterocycles. The first-order valence-corrected chi connectivity index (χ1v) is 13.9. The number of aliphatic hydroxyl groups excluding tert-OH is 2. The lowest BCUT2D eigenvalue weighted by atomic mass is 9.32. The summed E-state index contributed by atoms with van der Waals surface area (Å²) < 4.78 is 0. The number of allylic oxidation sites excluding steroid dienone is 1. The summed E-state index contributed by atoms with van der Waals surface area (Å²) in [5.41, 5.74) is 0.175. The topological polar surface area (TPSA) is 77.8 Å². The molecule has 4 nitrogen and oxygen atoms in total. The van der Waals surface area contributed by atoms with Crippen molar-refractivity contribution in [1.29, 1.82) is 0 Å². The van der Waals surface area contributed by atoms with Crippen LogP contribution < -0.4 is 0 Å². The molecule has 0 aromatic heterocycles. The summed E-state index contributed by atoms with van der Waals surface area (Å²) in [5, 5.41) is 33.1. The molecular formula is C30H48O4. The Morgan fingerprint density at radius 1 is 0.853 bits per heavy atom. The van der Waals surface area contributed by atoms with Crippen LogP contribution in [0.3, 0.4) is 0 Å². The highest BCUT2D eigenvalue weighted by Gasteiger charge is 2.71. The zero-order chi connectivity index (χ0) is 25.1. The van der Waals surface area contributed by atoms with Crippen molar-refractivity contribution < 1.29 is 20.1 Å². The molecule has 3 N–H and O–H groups in total. The minimum atomic E-state index is -0.695. The van der Waals surface area contributed by atoms with Gasteiger partial charge in [-0.25, -0.2) is 0 Å². The predicted octanol–water partition coefficient (Wildman–Crippen LogP) is 6.20. The molecule has 0 bridgehead atoms. The first-order valence-electron chi connectivity index (χ1n) is 13.9. The van der Waals surface area contributed by atoms with Crippen molar-refractivity contribution in [2.45, 2.75) is 118 Å². The van der Waals surface area contributed by atoms with Crippen LogP contribution >= 0.6 is 0 Å².